The van der Waals surface area contributed by atoms with Crippen LogP contribution in [0, 0.1) is 12.7 Å². The molecule has 0 amide bonds. The molecule has 0 aromatic carbocycles. The van der Waals surface area contributed by atoms with Gasteiger partial charge in [0.25, 0.3) is 0 Å². The second kappa shape index (κ2) is 6.43. The van der Waals surface area contributed by atoms with Crippen LogP contribution in [0.3, 0.4) is 0 Å². The minimum absolute atomic E-state index is 0.248. The number of fused-ring (bicyclic) bond motifs is 1. The molecule has 0 bridgehead atoms. The summed E-state index contributed by atoms with van der Waals surface area (Å²) in [5, 5.41) is 7.73. The van der Waals surface area contributed by atoms with Crippen LogP contribution in [0.5, 0.6) is 0 Å². The van der Waals surface area contributed by atoms with Crippen molar-refractivity contribution in [1.29, 1.82) is 0 Å². The van der Waals surface area contributed by atoms with E-state index in [2.05, 4.69) is 35.4 Å². The van der Waals surface area contributed by atoms with E-state index in [1.54, 1.807) is 19.2 Å². The van der Waals surface area contributed by atoms with Crippen LogP contribution in [0.4, 0.5) is 10.2 Å². The Kier molecular flexibility index (Phi) is 3.96. The fourth-order valence-electron chi connectivity index (χ4n) is 2.50. The largest absolute Gasteiger partial charge is 0.358 e. The topological polar surface area (TPSA) is 103 Å². The number of pyridine rings is 2. The fraction of sp³-hybridized carbons (Fsp3) is 0.176. The lowest BCUT2D eigenvalue weighted by Crippen LogP contribution is -2.09. The van der Waals surface area contributed by atoms with Gasteiger partial charge < -0.3 is 9.84 Å². The average Bonchev–Trinajstić information content (AvgIpc) is 3.09. The molecule has 8 nitrogen and oxygen atoms in total. The Morgan fingerprint density at radius 1 is 1.12 bits per heavy atom. The van der Waals surface area contributed by atoms with Gasteiger partial charge in [0.1, 0.15) is 24.0 Å². The van der Waals surface area contributed by atoms with Crippen molar-refractivity contribution in [2.24, 2.45) is 0 Å². The fourth-order valence-corrected chi connectivity index (χ4v) is 2.50. The summed E-state index contributed by atoms with van der Waals surface area (Å²) < 4.78 is 18.3. The van der Waals surface area contributed by atoms with Crippen LogP contribution < -0.4 is 5.32 Å². The van der Waals surface area contributed by atoms with E-state index in [-0.39, 0.29) is 6.04 Å². The first kappa shape index (κ1) is 16.0. The molecule has 9 heteroatoms. The Balaban J connectivity index is 1.72. The molecule has 0 fully saturated rings. The summed E-state index contributed by atoms with van der Waals surface area (Å²) in [6.45, 7) is 3.64. The Morgan fingerprint density at radius 2 is 2.00 bits per heavy atom. The smallest absolute Gasteiger partial charge is 0.248 e. The van der Waals surface area contributed by atoms with Crippen LogP contribution in [-0.2, 0) is 0 Å². The number of rotatable bonds is 4. The average molecular weight is 351 g/mol. The molecular weight excluding hydrogens is 337 g/mol. The van der Waals surface area contributed by atoms with E-state index in [4.69, 9.17) is 4.52 Å². The number of aryl methyl sites for hydroxylation is 1. The van der Waals surface area contributed by atoms with Crippen LogP contribution in [0.15, 0.2) is 41.4 Å². The third kappa shape index (κ3) is 3.06. The number of anilines is 1. The molecule has 0 aliphatic heterocycles. The summed E-state index contributed by atoms with van der Waals surface area (Å²) in [6, 6.07) is 4.56. The minimum Gasteiger partial charge on any atom is -0.358 e. The van der Waals surface area contributed by atoms with Crippen LogP contribution in [0.2, 0.25) is 0 Å². The Bertz CT molecular complexity index is 1060. The number of halogens is 1. The lowest BCUT2D eigenvalue weighted by molar-refractivity contribution is 0.364. The van der Waals surface area contributed by atoms with Gasteiger partial charge in [-0.3, -0.25) is 4.98 Å². The van der Waals surface area contributed by atoms with E-state index in [1.165, 1.54) is 18.6 Å². The van der Waals surface area contributed by atoms with Gasteiger partial charge in [-0.25, -0.2) is 19.3 Å². The van der Waals surface area contributed by atoms with Gasteiger partial charge in [0.15, 0.2) is 11.5 Å². The molecule has 0 radical (unpaired) electrons. The van der Waals surface area contributed by atoms with E-state index >= 15 is 0 Å². The van der Waals surface area contributed by atoms with Crippen molar-refractivity contribution in [2.75, 3.05) is 5.32 Å². The van der Waals surface area contributed by atoms with Gasteiger partial charge in [0, 0.05) is 11.8 Å². The van der Waals surface area contributed by atoms with Gasteiger partial charge in [-0.1, -0.05) is 5.16 Å². The van der Waals surface area contributed by atoms with Crippen LogP contribution in [-0.4, -0.2) is 30.1 Å². The Labute approximate surface area is 147 Å². The van der Waals surface area contributed by atoms with Gasteiger partial charge in [-0.15, -0.1) is 0 Å². The van der Waals surface area contributed by atoms with E-state index in [0.29, 0.717) is 34.3 Å². The Hall–Kier alpha value is -3.49. The molecule has 0 aliphatic carbocycles. The monoisotopic (exact) mass is 351 g/mol. The molecule has 1 atom stereocenters. The number of aromatic nitrogens is 6. The Morgan fingerprint density at radius 3 is 2.73 bits per heavy atom. The zero-order valence-corrected chi connectivity index (χ0v) is 14.0. The zero-order valence-electron chi connectivity index (χ0n) is 14.0. The first-order valence-corrected chi connectivity index (χ1v) is 7.89. The maximum Gasteiger partial charge on any atom is 0.248 e. The molecular formula is C17H14FN7O. The second-order valence-corrected chi connectivity index (χ2v) is 5.72. The number of hydrogen-bond acceptors (Lipinski definition) is 8. The van der Waals surface area contributed by atoms with Crippen molar-refractivity contribution >= 4 is 16.9 Å². The summed E-state index contributed by atoms with van der Waals surface area (Å²) >= 11 is 0. The molecule has 4 aromatic heterocycles. The molecule has 1 N–H and O–H groups in total. The van der Waals surface area contributed by atoms with E-state index in [1.807, 2.05) is 13.0 Å². The standard InChI is InChI=1S/C17H14FN7O/c1-9(17-24-10(2)25-26-17)23-16-13-5-11(6-20-15(13)21-8-22-16)14-4-3-12(18)7-19-14/h3-9H,1-2H3,(H,20,21,22,23)/t9-/m1/s1. The van der Waals surface area contributed by atoms with Crippen LogP contribution in [0.1, 0.15) is 24.7 Å². The van der Waals surface area contributed by atoms with Crippen molar-refractivity contribution < 1.29 is 8.91 Å². The van der Waals surface area contributed by atoms with Crippen molar-refractivity contribution in [3.8, 4) is 11.3 Å². The van der Waals surface area contributed by atoms with Crippen molar-refractivity contribution in [3.63, 3.8) is 0 Å². The minimum atomic E-state index is -0.392. The summed E-state index contributed by atoms with van der Waals surface area (Å²) in [4.78, 5) is 21.1. The van der Waals surface area contributed by atoms with Crippen molar-refractivity contribution in [3.05, 3.63) is 54.5 Å². The second-order valence-electron chi connectivity index (χ2n) is 5.72. The first-order chi connectivity index (χ1) is 12.6. The van der Waals surface area contributed by atoms with Gasteiger partial charge in [0.2, 0.25) is 5.89 Å². The van der Waals surface area contributed by atoms with Gasteiger partial charge in [-0.05, 0) is 32.0 Å². The highest BCUT2D eigenvalue weighted by Crippen LogP contribution is 2.26. The predicted octanol–water partition coefficient (Wildman–Crippen LogP) is 3.09. The van der Waals surface area contributed by atoms with Crippen LogP contribution in [0.25, 0.3) is 22.3 Å². The summed E-state index contributed by atoms with van der Waals surface area (Å²) in [7, 11) is 0. The molecule has 0 saturated heterocycles. The van der Waals surface area contributed by atoms with Crippen LogP contribution >= 0.6 is 0 Å². The molecule has 0 saturated carbocycles. The summed E-state index contributed by atoms with van der Waals surface area (Å²) in [5.41, 5.74) is 1.87. The van der Waals surface area contributed by atoms with Gasteiger partial charge >= 0.3 is 0 Å². The quantitative estimate of drug-likeness (QED) is 0.598. The van der Waals surface area contributed by atoms with E-state index < -0.39 is 5.82 Å². The molecule has 0 aliphatic rings. The third-order valence-corrected chi connectivity index (χ3v) is 3.78. The highest BCUT2D eigenvalue weighted by Gasteiger charge is 2.16. The molecule has 0 spiro atoms. The first-order valence-electron chi connectivity index (χ1n) is 7.89. The highest BCUT2D eigenvalue weighted by atomic mass is 19.1. The molecule has 4 heterocycles. The molecule has 130 valence electrons. The third-order valence-electron chi connectivity index (χ3n) is 3.78. The molecule has 26 heavy (non-hydrogen) atoms. The normalized spacial score (nSPS) is 12.3. The molecule has 0 unspecified atom stereocenters. The highest BCUT2D eigenvalue weighted by molar-refractivity contribution is 5.89. The van der Waals surface area contributed by atoms with E-state index in [9.17, 15) is 4.39 Å². The summed E-state index contributed by atoms with van der Waals surface area (Å²) in [6.07, 6.45) is 4.24. The molecule has 4 aromatic rings. The lowest BCUT2D eigenvalue weighted by atomic mass is 10.1. The van der Waals surface area contributed by atoms with Crippen molar-refractivity contribution in [1.82, 2.24) is 30.1 Å². The van der Waals surface area contributed by atoms with Gasteiger partial charge in [0.05, 0.1) is 17.3 Å². The summed E-state index contributed by atoms with van der Waals surface area (Å²) in [5.74, 6) is 1.21. The number of nitrogens with one attached hydrogen (secondary N) is 1. The van der Waals surface area contributed by atoms with E-state index in [0.717, 1.165) is 5.56 Å². The van der Waals surface area contributed by atoms with Gasteiger partial charge in [-0.2, -0.15) is 4.98 Å². The molecule has 4 rings (SSSR count). The number of nitrogens with zero attached hydrogens (tertiary/aromatic N) is 6. The van der Waals surface area contributed by atoms with Crippen molar-refractivity contribution in [2.45, 2.75) is 19.9 Å². The zero-order chi connectivity index (χ0) is 18.1. The SMILES string of the molecule is Cc1noc([C@@H](C)Nc2ncnc3ncc(-c4ccc(F)cn4)cc23)n1. The lowest BCUT2D eigenvalue weighted by Gasteiger charge is -2.12. The maximum atomic E-state index is 13.1. The predicted molar refractivity (Wildman–Crippen MR) is 91.6 cm³/mol. The maximum absolute atomic E-state index is 13.1. The number of hydrogen-bond donors (Lipinski definition) is 1.